The minimum atomic E-state index is -0.484. The lowest BCUT2D eigenvalue weighted by molar-refractivity contribution is -0.384. The summed E-state index contributed by atoms with van der Waals surface area (Å²) in [6, 6.07) is 14.7. The van der Waals surface area contributed by atoms with Crippen LogP contribution in [0.25, 0.3) is 0 Å². The van der Waals surface area contributed by atoms with Crippen LogP contribution in [0.1, 0.15) is 21.7 Å². The first-order valence-electron chi connectivity index (χ1n) is 7.72. The minimum Gasteiger partial charge on any atom is -0.333 e. The van der Waals surface area contributed by atoms with Gasteiger partial charge >= 0.3 is 0 Å². The van der Waals surface area contributed by atoms with E-state index in [1.165, 1.54) is 12.1 Å². The summed E-state index contributed by atoms with van der Waals surface area (Å²) in [5.74, 6) is 0.0848. The molecular formula is C18H15N5O3. The van der Waals surface area contributed by atoms with Crippen LogP contribution in [0.15, 0.2) is 72.1 Å². The standard InChI is InChI=1S/C18H15N5O3/c1-22-11-10-19-17(22)16(14-8-5-9-15(12-14)23(25)26)20-21-18(24)13-6-3-2-4-7-13/h2-12H,1H3,(H,21,24)/b20-16+. The molecule has 0 fully saturated rings. The van der Waals surface area contributed by atoms with E-state index in [1.54, 1.807) is 60.4 Å². The van der Waals surface area contributed by atoms with E-state index in [4.69, 9.17) is 0 Å². The number of nitro benzene ring substituents is 1. The number of carbonyl (C=O) groups is 1. The molecular weight excluding hydrogens is 334 g/mol. The van der Waals surface area contributed by atoms with Crippen LogP contribution in [-0.4, -0.2) is 26.1 Å². The summed E-state index contributed by atoms with van der Waals surface area (Å²) >= 11 is 0. The number of aryl methyl sites for hydroxylation is 1. The smallest absolute Gasteiger partial charge is 0.271 e. The number of aromatic nitrogens is 2. The third-order valence-electron chi connectivity index (χ3n) is 3.67. The Bertz CT molecular complexity index is 979. The van der Waals surface area contributed by atoms with Crippen LogP contribution in [0, 0.1) is 10.1 Å². The lowest BCUT2D eigenvalue weighted by atomic mass is 10.1. The van der Waals surface area contributed by atoms with E-state index in [0.29, 0.717) is 22.7 Å². The summed E-state index contributed by atoms with van der Waals surface area (Å²) in [6.45, 7) is 0. The van der Waals surface area contributed by atoms with Crippen LogP contribution in [0.3, 0.4) is 0 Å². The van der Waals surface area contributed by atoms with Gasteiger partial charge < -0.3 is 4.57 Å². The van der Waals surface area contributed by atoms with Crippen LogP contribution in [0.4, 0.5) is 5.69 Å². The summed E-state index contributed by atoms with van der Waals surface area (Å²) in [5, 5.41) is 15.2. The van der Waals surface area contributed by atoms with Crippen molar-refractivity contribution in [2.75, 3.05) is 0 Å². The predicted molar refractivity (Wildman–Crippen MR) is 95.9 cm³/mol. The first kappa shape index (κ1) is 17.0. The minimum absolute atomic E-state index is 0.0706. The van der Waals surface area contributed by atoms with E-state index < -0.39 is 4.92 Å². The lowest BCUT2D eigenvalue weighted by Crippen LogP contribution is -2.22. The van der Waals surface area contributed by atoms with Gasteiger partial charge in [-0.2, -0.15) is 5.10 Å². The molecule has 2 aromatic carbocycles. The van der Waals surface area contributed by atoms with E-state index in [9.17, 15) is 14.9 Å². The molecule has 1 N–H and O–H groups in total. The third-order valence-corrected chi connectivity index (χ3v) is 3.67. The fourth-order valence-electron chi connectivity index (χ4n) is 2.36. The van der Waals surface area contributed by atoms with E-state index in [2.05, 4.69) is 15.5 Å². The number of nitrogens with one attached hydrogen (secondary N) is 1. The van der Waals surface area contributed by atoms with Crippen molar-refractivity contribution < 1.29 is 9.72 Å². The van der Waals surface area contributed by atoms with Gasteiger partial charge in [0.15, 0.2) is 5.82 Å². The topological polar surface area (TPSA) is 102 Å². The van der Waals surface area contributed by atoms with Gasteiger partial charge in [-0.15, -0.1) is 0 Å². The molecule has 0 atom stereocenters. The van der Waals surface area contributed by atoms with Gasteiger partial charge in [-0.3, -0.25) is 14.9 Å². The Balaban J connectivity index is 1.99. The van der Waals surface area contributed by atoms with Crippen LogP contribution in [-0.2, 0) is 7.05 Å². The molecule has 0 radical (unpaired) electrons. The van der Waals surface area contributed by atoms with Gasteiger partial charge in [0.2, 0.25) is 0 Å². The molecule has 0 saturated carbocycles. The van der Waals surface area contributed by atoms with Crippen molar-refractivity contribution in [1.82, 2.24) is 15.0 Å². The number of rotatable bonds is 5. The summed E-state index contributed by atoms with van der Waals surface area (Å²) in [4.78, 5) is 27.1. The highest BCUT2D eigenvalue weighted by Crippen LogP contribution is 2.16. The summed E-state index contributed by atoms with van der Waals surface area (Å²) in [5.41, 5.74) is 3.67. The maximum atomic E-state index is 12.3. The second-order valence-electron chi connectivity index (χ2n) is 5.44. The van der Waals surface area contributed by atoms with Crippen molar-refractivity contribution in [3.8, 4) is 0 Å². The summed E-state index contributed by atoms with van der Waals surface area (Å²) in [7, 11) is 1.77. The number of non-ortho nitro benzene ring substituents is 1. The van der Waals surface area contributed by atoms with Crippen molar-refractivity contribution in [3.05, 3.63) is 94.1 Å². The van der Waals surface area contributed by atoms with E-state index in [1.807, 2.05) is 6.07 Å². The molecule has 0 bridgehead atoms. The van der Waals surface area contributed by atoms with Gasteiger partial charge in [0.25, 0.3) is 11.6 Å². The van der Waals surface area contributed by atoms with Crippen molar-refractivity contribution in [2.24, 2.45) is 12.1 Å². The Labute approximate surface area is 149 Å². The lowest BCUT2D eigenvalue weighted by Gasteiger charge is -2.08. The molecule has 1 aromatic heterocycles. The van der Waals surface area contributed by atoms with Crippen molar-refractivity contribution in [3.63, 3.8) is 0 Å². The first-order chi connectivity index (χ1) is 12.6. The SMILES string of the molecule is Cn1ccnc1/C(=N/NC(=O)c1ccccc1)c1cccc([N+](=O)[O-])c1. The highest BCUT2D eigenvalue weighted by Gasteiger charge is 2.16. The second-order valence-corrected chi connectivity index (χ2v) is 5.44. The largest absolute Gasteiger partial charge is 0.333 e. The molecule has 26 heavy (non-hydrogen) atoms. The molecule has 1 amide bonds. The highest BCUT2D eigenvalue weighted by molar-refractivity contribution is 6.11. The number of imidazole rings is 1. The molecule has 0 aliphatic rings. The Morgan fingerprint density at radius 2 is 1.88 bits per heavy atom. The van der Waals surface area contributed by atoms with Crippen molar-refractivity contribution >= 4 is 17.3 Å². The van der Waals surface area contributed by atoms with Gasteiger partial charge in [0.1, 0.15) is 5.71 Å². The van der Waals surface area contributed by atoms with Crippen LogP contribution < -0.4 is 5.43 Å². The molecule has 3 rings (SSSR count). The normalized spacial score (nSPS) is 11.2. The molecule has 0 spiro atoms. The Morgan fingerprint density at radius 1 is 1.15 bits per heavy atom. The third kappa shape index (κ3) is 3.64. The van der Waals surface area contributed by atoms with E-state index >= 15 is 0 Å². The van der Waals surface area contributed by atoms with Gasteiger partial charge in [0.05, 0.1) is 4.92 Å². The van der Waals surface area contributed by atoms with Crippen molar-refractivity contribution in [2.45, 2.75) is 0 Å². The zero-order chi connectivity index (χ0) is 18.5. The number of amides is 1. The fraction of sp³-hybridized carbons (Fsp3) is 0.0556. The quantitative estimate of drug-likeness (QED) is 0.434. The zero-order valence-electron chi connectivity index (χ0n) is 13.9. The molecule has 0 saturated heterocycles. The number of nitro groups is 1. The average molecular weight is 349 g/mol. The van der Waals surface area contributed by atoms with Crippen LogP contribution in [0.2, 0.25) is 0 Å². The summed E-state index contributed by atoms with van der Waals surface area (Å²) < 4.78 is 1.71. The van der Waals surface area contributed by atoms with Gasteiger partial charge in [-0.05, 0) is 12.1 Å². The van der Waals surface area contributed by atoms with Gasteiger partial charge in [0, 0.05) is 42.7 Å². The number of hydrogen-bond donors (Lipinski definition) is 1. The molecule has 1 heterocycles. The highest BCUT2D eigenvalue weighted by atomic mass is 16.6. The number of hydrazone groups is 1. The Morgan fingerprint density at radius 3 is 2.54 bits per heavy atom. The molecule has 0 aliphatic heterocycles. The van der Waals surface area contributed by atoms with Crippen LogP contribution >= 0.6 is 0 Å². The zero-order valence-corrected chi connectivity index (χ0v) is 13.9. The Hall–Kier alpha value is -3.81. The maximum Gasteiger partial charge on any atom is 0.271 e. The predicted octanol–water partition coefficient (Wildman–Crippen LogP) is 2.51. The van der Waals surface area contributed by atoms with Gasteiger partial charge in [-0.25, -0.2) is 10.4 Å². The molecule has 0 unspecified atom stereocenters. The molecule has 8 nitrogen and oxygen atoms in total. The van der Waals surface area contributed by atoms with E-state index in [0.717, 1.165) is 0 Å². The molecule has 0 aliphatic carbocycles. The van der Waals surface area contributed by atoms with Crippen LogP contribution in [0.5, 0.6) is 0 Å². The summed E-state index contributed by atoms with van der Waals surface area (Å²) in [6.07, 6.45) is 3.31. The molecule has 3 aromatic rings. The number of nitrogens with zero attached hydrogens (tertiary/aromatic N) is 4. The number of carbonyl (C=O) groups excluding carboxylic acids is 1. The Kier molecular flexibility index (Phi) is 4.84. The first-order valence-corrected chi connectivity index (χ1v) is 7.72. The number of benzene rings is 2. The maximum absolute atomic E-state index is 12.3. The average Bonchev–Trinajstić information content (AvgIpc) is 3.08. The molecule has 8 heteroatoms. The van der Waals surface area contributed by atoms with Crippen molar-refractivity contribution in [1.29, 1.82) is 0 Å². The monoisotopic (exact) mass is 349 g/mol. The molecule has 130 valence electrons. The van der Waals surface area contributed by atoms with Gasteiger partial charge in [-0.1, -0.05) is 30.3 Å². The fourth-order valence-corrected chi connectivity index (χ4v) is 2.36. The van der Waals surface area contributed by atoms with E-state index in [-0.39, 0.29) is 11.6 Å². The number of hydrogen-bond acceptors (Lipinski definition) is 5. The second kappa shape index (κ2) is 7.39.